The minimum atomic E-state index is -0.502. The maximum Gasteiger partial charge on any atom is 2.00 e. The van der Waals surface area contributed by atoms with Gasteiger partial charge in [0.1, 0.15) is 0 Å². The molecule has 0 aliphatic heterocycles. The molecule has 0 bridgehead atoms. The summed E-state index contributed by atoms with van der Waals surface area (Å²) in [5.41, 5.74) is 17.7. The van der Waals surface area contributed by atoms with Crippen LogP contribution in [-0.2, 0) is 116 Å². The summed E-state index contributed by atoms with van der Waals surface area (Å²) in [6, 6.07) is 143. The molecular formula is C94H94N4P4Pt2S4+4. The van der Waals surface area contributed by atoms with Crippen LogP contribution in [0.1, 0.15) is 66.8 Å². The van der Waals surface area contributed by atoms with Gasteiger partial charge in [-0.3, -0.25) is 0 Å². The second-order valence-corrected chi connectivity index (χ2v) is 35.4. The number of isothiocyanates is 4. The van der Waals surface area contributed by atoms with E-state index in [2.05, 4.69) is 413 Å². The van der Waals surface area contributed by atoms with Crippen molar-refractivity contribution in [3.63, 3.8) is 0 Å². The summed E-state index contributed by atoms with van der Waals surface area (Å²) < 4.78 is 0. The first kappa shape index (κ1) is 94.4. The molecule has 0 saturated carbocycles. The van der Waals surface area contributed by atoms with Crippen molar-refractivity contribution < 1.29 is 42.1 Å². The average Bonchev–Trinajstić information content (AvgIpc) is 0.898. The van der Waals surface area contributed by atoms with E-state index in [9.17, 15) is 0 Å². The van der Waals surface area contributed by atoms with Gasteiger partial charge in [-0.05, 0) is 66.8 Å². The largest absolute Gasteiger partial charge is 2.00 e. The Morgan fingerprint density at radius 3 is 0.269 bits per heavy atom. The van der Waals surface area contributed by atoms with Crippen molar-refractivity contribution >= 4 is 101 Å². The Balaban J connectivity index is 0.000000344. The maximum absolute atomic E-state index is 7.13. The van der Waals surface area contributed by atoms with E-state index in [1.807, 2.05) is 36.4 Å². The molecule has 0 atom stereocenters. The number of benzene rings is 13. The smallest absolute Gasteiger partial charge is 0.753 e. The van der Waals surface area contributed by atoms with E-state index >= 15 is 0 Å². The number of rotatable bonds is 24. The summed E-state index contributed by atoms with van der Waals surface area (Å²) in [4.78, 5) is 0. The molecule has 14 heteroatoms. The standard InChI is InChI=1S/4C21H21P.C6H6.4CNS.2Pt/c4*1-4-10-19(11-5-1)16-22(17-20-12-6-2-7-13-20)18-21-14-8-3-9-15-21;1-2-4-6-5-3-1;4*2-1-3;;/h4*1-15H,16-18H2;1-6H;;;;;;/q;;;;;4*-1;2*+2/p+4. The SMILES string of the molecule is [N-]=C=S.[N-]=C=S.[N-]=C=S.[N-]=C=S.[Pt+2].[Pt+2].c1ccc(C[PH+](Cc2ccccc2)Cc2ccccc2)cc1.c1ccc(C[PH+](Cc2ccccc2)Cc2ccccc2)cc1.c1ccc(C[PH+](Cc2ccccc2)Cc2ccccc2)cc1.c1ccc(C[PH+](Cc2ccccc2)Cc2ccccc2)cc1.c1ccccc1. The van der Waals surface area contributed by atoms with Crippen molar-refractivity contribution in [2.75, 3.05) is 0 Å². The van der Waals surface area contributed by atoms with Gasteiger partial charge in [0.15, 0.2) is 0 Å². The van der Waals surface area contributed by atoms with Crippen LogP contribution in [0.2, 0.25) is 0 Å². The first-order chi connectivity index (χ1) is 52.3. The Kier molecular flexibility index (Phi) is 55.9. The third kappa shape index (κ3) is 45.8. The van der Waals surface area contributed by atoms with Gasteiger partial charge in [0.05, 0.1) is 73.9 Å². The monoisotopic (exact) mass is 1920 g/mol. The normalized spacial score (nSPS) is 9.52. The molecule has 4 nitrogen and oxygen atoms in total. The van der Waals surface area contributed by atoms with Gasteiger partial charge in [0, 0.05) is 31.7 Å². The van der Waals surface area contributed by atoms with Crippen LogP contribution in [0.3, 0.4) is 0 Å². The van der Waals surface area contributed by atoms with Gasteiger partial charge in [-0.15, -0.1) is 0 Å². The molecule has 13 rings (SSSR count). The molecule has 0 unspecified atom stereocenters. The number of nitrogens with zero attached hydrogens (tertiary/aromatic N) is 4. The van der Waals surface area contributed by atoms with Crippen molar-refractivity contribution in [1.29, 1.82) is 0 Å². The van der Waals surface area contributed by atoms with Gasteiger partial charge in [-0.2, -0.15) is 20.6 Å². The molecule has 0 amide bonds. The quantitative estimate of drug-likeness (QED) is 0.0342. The zero-order valence-corrected chi connectivity index (χ0v) is 72.5. The minimum absolute atomic E-state index is 0. The summed E-state index contributed by atoms with van der Waals surface area (Å²) in [6.07, 6.45) is 14.8. The first-order valence-electron chi connectivity index (χ1n) is 35.1. The molecule has 0 saturated heterocycles. The van der Waals surface area contributed by atoms with Crippen LogP contribution in [0.4, 0.5) is 0 Å². The number of thiocarbonyl (C=S) groups is 4. The van der Waals surface area contributed by atoms with E-state index in [0.29, 0.717) is 0 Å². The van der Waals surface area contributed by atoms with E-state index in [-0.39, 0.29) is 42.1 Å². The molecule has 0 heterocycles. The topological polar surface area (TPSA) is 89.2 Å². The van der Waals surface area contributed by atoms with Gasteiger partial charge in [0.2, 0.25) is 0 Å². The number of hydrogen-bond acceptors (Lipinski definition) is 4. The molecule has 0 aromatic heterocycles. The molecule has 108 heavy (non-hydrogen) atoms. The Bertz CT molecular complexity index is 3430. The van der Waals surface area contributed by atoms with E-state index in [4.69, 9.17) is 21.6 Å². The number of hydrogen-bond donors (Lipinski definition) is 0. The molecular weight excluding hydrogens is 1830 g/mol. The molecule has 13 aromatic rings. The van der Waals surface area contributed by atoms with Gasteiger partial charge in [0.25, 0.3) is 0 Å². The van der Waals surface area contributed by atoms with Crippen LogP contribution in [0.25, 0.3) is 21.6 Å². The Labute approximate surface area is 699 Å². The molecule has 0 aliphatic carbocycles. The van der Waals surface area contributed by atoms with Gasteiger partial charge >= 0.3 is 42.1 Å². The van der Waals surface area contributed by atoms with Crippen molar-refractivity contribution in [3.8, 4) is 0 Å². The Morgan fingerprint density at radius 1 is 0.148 bits per heavy atom. The maximum atomic E-state index is 7.13. The minimum Gasteiger partial charge on any atom is -0.753 e. The molecule has 13 aromatic carbocycles. The summed E-state index contributed by atoms with van der Waals surface area (Å²) in [6.45, 7) is 0. The molecule has 550 valence electrons. The van der Waals surface area contributed by atoms with Crippen LogP contribution in [-0.4, -0.2) is 20.6 Å². The predicted octanol–water partition coefficient (Wildman–Crippen LogP) is 27.5. The van der Waals surface area contributed by atoms with Crippen molar-refractivity contribution in [1.82, 2.24) is 0 Å². The van der Waals surface area contributed by atoms with Crippen LogP contribution in [0.5, 0.6) is 0 Å². The third-order valence-corrected chi connectivity index (χ3v) is 27.1. The summed E-state index contributed by atoms with van der Waals surface area (Å²) in [5.74, 6) is 0. The zero-order chi connectivity index (χ0) is 75.2. The van der Waals surface area contributed by atoms with E-state index < -0.39 is 31.7 Å². The molecule has 0 aliphatic rings. The van der Waals surface area contributed by atoms with Crippen molar-refractivity contribution in [2.24, 2.45) is 0 Å². The first-order valence-corrected chi connectivity index (χ1v) is 45.2. The zero-order valence-electron chi connectivity index (χ0n) is 60.6. The van der Waals surface area contributed by atoms with Crippen LogP contribution in [0, 0.1) is 0 Å². The van der Waals surface area contributed by atoms with Crippen LogP contribution in [0.15, 0.2) is 400 Å². The average molecular weight is 1920 g/mol. The van der Waals surface area contributed by atoms with Crippen LogP contribution >= 0.6 is 80.6 Å². The molecule has 0 radical (unpaired) electrons. The summed E-state index contributed by atoms with van der Waals surface area (Å²) >= 11 is 14.8. The second kappa shape index (κ2) is 64.0. The fraction of sp³-hybridized carbons (Fsp3) is 0.128. The van der Waals surface area contributed by atoms with Crippen molar-refractivity contribution in [3.05, 3.63) is 489 Å². The Morgan fingerprint density at radius 2 is 0.204 bits per heavy atom. The van der Waals surface area contributed by atoms with Gasteiger partial charge in [-0.25, -0.2) is 0 Å². The van der Waals surface area contributed by atoms with E-state index in [1.54, 1.807) is 0 Å². The van der Waals surface area contributed by atoms with E-state index in [0.717, 1.165) is 0 Å². The van der Waals surface area contributed by atoms with Crippen molar-refractivity contribution in [2.45, 2.75) is 73.9 Å². The summed E-state index contributed by atoms with van der Waals surface area (Å²) in [7, 11) is -2.01. The molecule has 0 spiro atoms. The molecule has 0 fully saturated rings. The molecule has 0 N–H and O–H groups in total. The predicted molar refractivity (Wildman–Crippen MR) is 485 cm³/mol. The summed E-state index contributed by atoms with van der Waals surface area (Å²) in [5, 5.41) is 33.9. The fourth-order valence-electron chi connectivity index (χ4n) is 11.7. The van der Waals surface area contributed by atoms with Gasteiger partial charge in [-0.1, -0.05) is 449 Å². The third-order valence-electron chi connectivity index (χ3n) is 16.2. The van der Waals surface area contributed by atoms with Crippen LogP contribution < -0.4 is 0 Å². The Hall–Kier alpha value is -7.84. The second-order valence-electron chi connectivity index (χ2n) is 24.5. The fourth-order valence-corrected chi connectivity index (χ4v) is 23.0. The van der Waals surface area contributed by atoms with Gasteiger partial charge < -0.3 is 21.6 Å². The van der Waals surface area contributed by atoms with E-state index in [1.165, 1.54) is 161 Å².